The van der Waals surface area contributed by atoms with Gasteiger partial charge >= 0.3 is 0 Å². The lowest BCUT2D eigenvalue weighted by molar-refractivity contribution is 0.0923. The maximum Gasteiger partial charge on any atom is 0.165 e. The standard InChI is InChI=1S/C18H19NO/c19-17-11-9-14(10-12-17)13-5-7-16(8-6-13)18(20)15-3-1-2-4-15/h5-12,15H,1-4,19H2. The second-order valence-electron chi connectivity index (χ2n) is 5.54. The van der Waals surface area contributed by atoms with Crippen LogP contribution in [0.4, 0.5) is 5.69 Å². The number of nitrogen functional groups attached to an aromatic ring is 1. The first-order chi connectivity index (χ1) is 9.74. The van der Waals surface area contributed by atoms with E-state index in [4.69, 9.17) is 5.73 Å². The van der Waals surface area contributed by atoms with Crippen molar-refractivity contribution in [1.82, 2.24) is 0 Å². The van der Waals surface area contributed by atoms with Crippen LogP contribution in [0.5, 0.6) is 0 Å². The summed E-state index contributed by atoms with van der Waals surface area (Å²) >= 11 is 0. The highest BCUT2D eigenvalue weighted by atomic mass is 16.1. The van der Waals surface area contributed by atoms with Gasteiger partial charge in [-0.1, -0.05) is 49.2 Å². The molecule has 0 saturated heterocycles. The fraction of sp³-hybridized carbons (Fsp3) is 0.278. The predicted molar refractivity (Wildman–Crippen MR) is 82.6 cm³/mol. The molecule has 0 bridgehead atoms. The average Bonchev–Trinajstić information content (AvgIpc) is 3.02. The molecule has 1 fully saturated rings. The number of carbonyl (C=O) groups excluding carboxylic acids is 1. The Labute approximate surface area is 119 Å². The zero-order valence-electron chi connectivity index (χ0n) is 11.5. The highest BCUT2D eigenvalue weighted by Gasteiger charge is 2.23. The van der Waals surface area contributed by atoms with Crippen molar-refractivity contribution in [2.24, 2.45) is 5.92 Å². The Bertz CT molecular complexity index is 592. The number of benzene rings is 2. The van der Waals surface area contributed by atoms with Crippen LogP contribution in [0, 0.1) is 5.92 Å². The average molecular weight is 265 g/mol. The first kappa shape index (κ1) is 12.9. The van der Waals surface area contributed by atoms with E-state index < -0.39 is 0 Å². The van der Waals surface area contributed by atoms with E-state index in [1.807, 2.05) is 48.5 Å². The molecule has 2 heteroatoms. The lowest BCUT2D eigenvalue weighted by atomic mass is 9.94. The lowest BCUT2D eigenvalue weighted by Gasteiger charge is -2.09. The Morgan fingerprint density at radius 3 is 1.90 bits per heavy atom. The summed E-state index contributed by atoms with van der Waals surface area (Å²) < 4.78 is 0. The molecule has 3 rings (SSSR count). The number of hydrogen-bond donors (Lipinski definition) is 1. The highest BCUT2D eigenvalue weighted by Crippen LogP contribution is 2.29. The van der Waals surface area contributed by atoms with Crippen molar-refractivity contribution in [3.8, 4) is 11.1 Å². The Hall–Kier alpha value is -2.09. The van der Waals surface area contributed by atoms with Crippen LogP contribution in [0.1, 0.15) is 36.0 Å². The second-order valence-corrected chi connectivity index (χ2v) is 5.54. The molecule has 0 atom stereocenters. The largest absolute Gasteiger partial charge is 0.399 e. The molecule has 2 N–H and O–H groups in total. The summed E-state index contributed by atoms with van der Waals surface area (Å²) in [5, 5.41) is 0. The Balaban J connectivity index is 1.80. The first-order valence-electron chi connectivity index (χ1n) is 7.24. The molecule has 0 spiro atoms. The van der Waals surface area contributed by atoms with E-state index in [0.717, 1.165) is 35.2 Å². The molecular weight excluding hydrogens is 246 g/mol. The molecule has 2 nitrogen and oxygen atoms in total. The zero-order chi connectivity index (χ0) is 13.9. The van der Waals surface area contributed by atoms with Gasteiger partial charge in [0.25, 0.3) is 0 Å². The number of Topliss-reactive ketones (excluding diaryl/α,β-unsaturated/α-hetero) is 1. The Kier molecular flexibility index (Phi) is 3.55. The molecule has 2 aromatic rings. The molecule has 0 aliphatic heterocycles. The van der Waals surface area contributed by atoms with Gasteiger partial charge in [-0.25, -0.2) is 0 Å². The van der Waals surface area contributed by atoms with Crippen LogP contribution in [0.3, 0.4) is 0 Å². The summed E-state index contributed by atoms with van der Waals surface area (Å²) in [5.74, 6) is 0.559. The molecule has 0 heterocycles. The predicted octanol–water partition coefficient (Wildman–Crippen LogP) is 4.31. The lowest BCUT2D eigenvalue weighted by Crippen LogP contribution is -2.10. The van der Waals surface area contributed by atoms with Crippen molar-refractivity contribution in [1.29, 1.82) is 0 Å². The monoisotopic (exact) mass is 265 g/mol. The van der Waals surface area contributed by atoms with Gasteiger partial charge in [0.05, 0.1) is 0 Å². The second kappa shape index (κ2) is 5.49. The quantitative estimate of drug-likeness (QED) is 0.664. The maximum atomic E-state index is 12.3. The van der Waals surface area contributed by atoms with Crippen molar-refractivity contribution < 1.29 is 4.79 Å². The van der Waals surface area contributed by atoms with E-state index in [-0.39, 0.29) is 5.92 Å². The van der Waals surface area contributed by atoms with Crippen molar-refractivity contribution in [2.75, 3.05) is 5.73 Å². The van der Waals surface area contributed by atoms with Gasteiger partial charge in [0.1, 0.15) is 0 Å². The molecule has 0 amide bonds. The van der Waals surface area contributed by atoms with E-state index in [1.54, 1.807) is 0 Å². The summed E-state index contributed by atoms with van der Waals surface area (Å²) in [5.41, 5.74) is 9.55. The molecule has 102 valence electrons. The number of hydrogen-bond acceptors (Lipinski definition) is 2. The molecule has 2 aromatic carbocycles. The fourth-order valence-corrected chi connectivity index (χ4v) is 2.93. The number of ketones is 1. The van der Waals surface area contributed by atoms with Crippen LogP contribution in [0.2, 0.25) is 0 Å². The molecule has 20 heavy (non-hydrogen) atoms. The number of anilines is 1. The van der Waals surface area contributed by atoms with Crippen molar-refractivity contribution in [3.05, 3.63) is 54.1 Å². The molecule has 0 unspecified atom stereocenters. The van der Waals surface area contributed by atoms with E-state index in [0.29, 0.717) is 5.78 Å². The van der Waals surface area contributed by atoms with Gasteiger partial charge in [0.2, 0.25) is 0 Å². The highest BCUT2D eigenvalue weighted by molar-refractivity contribution is 5.98. The van der Waals surface area contributed by atoms with Gasteiger partial charge in [-0.2, -0.15) is 0 Å². The normalized spacial score (nSPS) is 15.4. The van der Waals surface area contributed by atoms with Crippen LogP contribution in [-0.4, -0.2) is 5.78 Å². The molecule has 1 aliphatic carbocycles. The third-order valence-electron chi connectivity index (χ3n) is 4.14. The van der Waals surface area contributed by atoms with Gasteiger partial charge in [0, 0.05) is 17.2 Å². The van der Waals surface area contributed by atoms with Crippen molar-refractivity contribution >= 4 is 11.5 Å². The van der Waals surface area contributed by atoms with Crippen molar-refractivity contribution in [3.63, 3.8) is 0 Å². The summed E-state index contributed by atoms with van der Waals surface area (Å²) in [6, 6.07) is 15.7. The van der Waals surface area contributed by atoms with Crippen molar-refractivity contribution in [2.45, 2.75) is 25.7 Å². The first-order valence-corrected chi connectivity index (χ1v) is 7.24. The molecule has 1 aliphatic rings. The van der Waals surface area contributed by atoms with Gasteiger partial charge < -0.3 is 5.73 Å². The van der Waals surface area contributed by atoms with E-state index in [1.165, 1.54) is 12.8 Å². The summed E-state index contributed by atoms with van der Waals surface area (Å²) in [6.45, 7) is 0. The Morgan fingerprint density at radius 1 is 0.850 bits per heavy atom. The third-order valence-corrected chi connectivity index (χ3v) is 4.14. The topological polar surface area (TPSA) is 43.1 Å². The van der Waals surface area contributed by atoms with Crippen LogP contribution in [0.25, 0.3) is 11.1 Å². The zero-order valence-corrected chi connectivity index (χ0v) is 11.5. The smallest absolute Gasteiger partial charge is 0.165 e. The van der Waals surface area contributed by atoms with Crippen LogP contribution in [-0.2, 0) is 0 Å². The van der Waals surface area contributed by atoms with Gasteiger partial charge in [-0.15, -0.1) is 0 Å². The maximum absolute atomic E-state index is 12.3. The van der Waals surface area contributed by atoms with E-state index >= 15 is 0 Å². The minimum absolute atomic E-state index is 0.248. The summed E-state index contributed by atoms with van der Waals surface area (Å²) in [7, 11) is 0. The summed E-state index contributed by atoms with van der Waals surface area (Å²) in [4.78, 5) is 12.3. The third kappa shape index (κ3) is 2.60. The molecule has 0 radical (unpaired) electrons. The number of nitrogens with two attached hydrogens (primary N) is 1. The number of carbonyl (C=O) groups is 1. The molecular formula is C18H19NO. The molecule has 1 saturated carbocycles. The van der Waals surface area contributed by atoms with E-state index in [2.05, 4.69) is 0 Å². The van der Waals surface area contributed by atoms with Crippen LogP contribution >= 0.6 is 0 Å². The van der Waals surface area contributed by atoms with Gasteiger partial charge in [0.15, 0.2) is 5.78 Å². The number of rotatable bonds is 3. The fourth-order valence-electron chi connectivity index (χ4n) is 2.93. The SMILES string of the molecule is Nc1ccc(-c2ccc(C(=O)C3CCCC3)cc2)cc1. The minimum atomic E-state index is 0.248. The van der Waals surface area contributed by atoms with Gasteiger partial charge in [-0.3, -0.25) is 4.79 Å². The van der Waals surface area contributed by atoms with E-state index in [9.17, 15) is 4.79 Å². The molecule has 0 aromatic heterocycles. The summed E-state index contributed by atoms with van der Waals surface area (Å²) in [6.07, 6.45) is 4.50. The van der Waals surface area contributed by atoms with Crippen LogP contribution in [0.15, 0.2) is 48.5 Å². The van der Waals surface area contributed by atoms with Gasteiger partial charge in [-0.05, 0) is 36.1 Å². The van der Waals surface area contributed by atoms with Crippen LogP contribution < -0.4 is 5.73 Å². The minimum Gasteiger partial charge on any atom is -0.399 e. The Morgan fingerprint density at radius 2 is 1.35 bits per heavy atom.